The van der Waals surface area contributed by atoms with Crippen molar-refractivity contribution in [2.45, 2.75) is 26.0 Å². The van der Waals surface area contributed by atoms with Gasteiger partial charge in [0.05, 0.1) is 5.56 Å². The molecule has 0 heterocycles. The zero-order valence-electron chi connectivity index (χ0n) is 13.5. The molecule has 0 bridgehead atoms. The Balaban J connectivity index is 2.14. The van der Waals surface area contributed by atoms with E-state index in [1.54, 1.807) is 24.3 Å². The summed E-state index contributed by atoms with van der Waals surface area (Å²) in [6.07, 6.45) is -0.703. The molecule has 7 nitrogen and oxygen atoms in total. The number of nitrogens with one attached hydrogen (secondary N) is 3. The summed E-state index contributed by atoms with van der Waals surface area (Å²) in [5.74, 6) is 0.459. The molecular formula is C16H24N4O3. The van der Waals surface area contributed by atoms with E-state index in [0.29, 0.717) is 30.9 Å². The van der Waals surface area contributed by atoms with Crippen LogP contribution < -0.4 is 20.7 Å². The zero-order chi connectivity index (χ0) is 17.1. The van der Waals surface area contributed by atoms with E-state index in [-0.39, 0.29) is 18.7 Å². The Labute approximate surface area is 136 Å². The number of hydrogen-bond acceptors (Lipinski definition) is 5. The summed E-state index contributed by atoms with van der Waals surface area (Å²) in [5.41, 5.74) is 0.438. The molecule has 1 aromatic carbocycles. The summed E-state index contributed by atoms with van der Waals surface area (Å²) < 4.78 is 5.44. The Bertz CT molecular complexity index is 528. The van der Waals surface area contributed by atoms with Crippen LogP contribution in [0.1, 0.15) is 19.4 Å². The number of urea groups is 1. The van der Waals surface area contributed by atoms with Crippen molar-refractivity contribution in [2.75, 3.05) is 26.2 Å². The van der Waals surface area contributed by atoms with Gasteiger partial charge in [0.25, 0.3) is 0 Å². The molecule has 126 valence electrons. The topological polar surface area (TPSA) is 106 Å². The van der Waals surface area contributed by atoms with Gasteiger partial charge in [-0.2, -0.15) is 5.26 Å². The number of nitriles is 1. The van der Waals surface area contributed by atoms with Crippen molar-refractivity contribution in [2.24, 2.45) is 0 Å². The highest BCUT2D eigenvalue weighted by molar-refractivity contribution is 5.74. The van der Waals surface area contributed by atoms with Crippen molar-refractivity contribution in [3.05, 3.63) is 29.8 Å². The maximum absolute atomic E-state index is 11.3. The molecule has 4 N–H and O–H groups in total. The van der Waals surface area contributed by atoms with Crippen LogP contribution >= 0.6 is 0 Å². The fraction of sp³-hybridized carbons (Fsp3) is 0.500. The van der Waals surface area contributed by atoms with E-state index >= 15 is 0 Å². The van der Waals surface area contributed by atoms with Crippen molar-refractivity contribution in [3.63, 3.8) is 0 Å². The van der Waals surface area contributed by atoms with Crippen LogP contribution in [-0.2, 0) is 0 Å². The van der Waals surface area contributed by atoms with E-state index in [2.05, 4.69) is 16.0 Å². The van der Waals surface area contributed by atoms with Gasteiger partial charge in [0, 0.05) is 25.7 Å². The highest BCUT2D eigenvalue weighted by Crippen LogP contribution is 2.16. The molecule has 7 heteroatoms. The van der Waals surface area contributed by atoms with Crippen molar-refractivity contribution in [3.8, 4) is 11.8 Å². The smallest absolute Gasteiger partial charge is 0.315 e. The van der Waals surface area contributed by atoms with E-state index in [1.165, 1.54) is 0 Å². The third-order valence-corrected chi connectivity index (χ3v) is 2.83. The lowest BCUT2D eigenvalue weighted by molar-refractivity contribution is 0.106. The van der Waals surface area contributed by atoms with E-state index < -0.39 is 6.10 Å². The van der Waals surface area contributed by atoms with Gasteiger partial charge in [-0.15, -0.1) is 0 Å². The first-order valence-corrected chi connectivity index (χ1v) is 7.58. The van der Waals surface area contributed by atoms with Crippen LogP contribution in [0.4, 0.5) is 4.79 Å². The number of benzene rings is 1. The number of aliphatic hydroxyl groups excluding tert-OH is 1. The monoisotopic (exact) mass is 320 g/mol. The molecule has 0 radical (unpaired) electrons. The minimum atomic E-state index is -0.703. The Morgan fingerprint density at radius 3 is 2.78 bits per heavy atom. The normalized spacial score (nSPS) is 11.6. The molecule has 0 saturated carbocycles. The summed E-state index contributed by atoms with van der Waals surface area (Å²) >= 11 is 0. The number of hydrogen-bond donors (Lipinski definition) is 4. The molecule has 0 aliphatic rings. The molecule has 0 spiro atoms. The number of rotatable bonds is 9. The first-order valence-electron chi connectivity index (χ1n) is 7.58. The lowest BCUT2D eigenvalue weighted by Crippen LogP contribution is -2.43. The Hall–Kier alpha value is -2.30. The molecule has 0 saturated heterocycles. The van der Waals surface area contributed by atoms with Gasteiger partial charge < -0.3 is 25.8 Å². The van der Waals surface area contributed by atoms with Crippen molar-refractivity contribution >= 4 is 6.03 Å². The van der Waals surface area contributed by atoms with Gasteiger partial charge in [0.15, 0.2) is 0 Å². The summed E-state index contributed by atoms with van der Waals surface area (Å²) in [7, 11) is 0. The third-order valence-electron chi connectivity index (χ3n) is 2.83. The van der Waals surface area contributed by atoms with Gasteiger partial charge in [0.1, 0.15) is 24.5 Å². The Morgan fingerprint density at radius 2 is 2.09 bits per heavy atom. The van der Waals surface area contributed by atoms with Crippen molar-refractivity contribution in [1.82, 2.24) is 16.0 Å². The quantitative estimate of drug-likeness (QED) is 0.498. The van der Waals surface area contributed by atoms with Crippen LogP contribution in [0.25, 0.3) is 0 Å². The highest BCUT2D eigenvalue weighted by Gasteiger charge is 2.07. The standard InChI is InChI=1S/C16H24N4O3/c1-12(2)20-16(22)19-8-7-18-10-14(21)11-23-15-6-4-3-5-13(15)9-17/h3-6,12,14,18,21H,7-8,10-11H2,1-2H3,(H2,19,20,22)/t14-/m0/s1. The van der Waals surface area contributed by atoms with Gasteiger partial charge in [-0.25, -0.2) is 4.79 Å². The second kappa shape index (κ2) is 10.4. The Kier molecular flexibility index (Phi) is 8.50. The van der Waals surface area contributed by atoms with Gasteiger partial charge >= 0.3 is 6.03 Å². The molecule has 0 aliphatic heterocycles. The van der Waals surface area contributed by atoms with Crippen LogP contribution in [0.2, 0.25) is 0 Å². The van der Waals surface area contributed by atoms with E-state index in [4.69, 9.17) is 10.00 Å². The highest BCUT2D eigenvalue weighted by atomic mass is 16.5. The number of nitrogens with zero attached hydrogens (tertiary/aromatic N) is 1. The number of aliphatic hydroxyl groups is 1. The number of carbonyl (C=O) groups is 1. The number of para-hydroxylation sites is 1. The van der Waals surface area contributed by atoms with Crippen LogP contribution in [0, 0.1) is 11.3 Å². The fourth-order valence-corrected chi connectivity index (χ4v) is 1.78. The lowest BCUT2D eigenvalue weighted by atomic mass is 10.2. The molecule has 2 amide bonds. The molecule has 23 heavy (non-hydrogen) atoms. The fourth-order valence-electron chi connectivity index (χ4n) is 1.78. The summed E-state index contributed by atoms with van der Waals surface area (Å²) in [4.78, 5) is 11.3. The largest absolute Gasteiger partial charge is 0.489 e. The first-order chi connectivity index (χ1) is 11.0. The molecule has 1 rings (SSSR count). The van der Waals surface area contributed by atoms with Crippen LogP contribution in [0.5, 0.6) is 5.75 Å². The van der Waals surface area contributed by atoms with Gasteiger partial charge in [0.2, 0.25) is 0 Å². The zero-order valence-corrected chi connectivity index (χ0v) is 13.5. The average Bonchev–Trinajstić information content (AvgIpc) is 2.52. The molecule has 0 aromatic heterocycles. The van der Waals surface area contributed by atoms with Crippen molar-refractivity contribution < 1.29 is 14.6 Å². The minimum Gasteiger partial charge on any atom is -0.489 e. The van der Waals surface area contributed by atoms with E-state index in [1.807, 2.05) is 19.9 Å². The van der Waals surface area contributed by atoms with Crippen LogP contribution in [0.15, 0.2) is 24.3 Å². The predicted molar refractivity (Wildman–Crippen MR) is 87.2 cm³/mol. The number of amides is 2. The second-order valence-corrected chi connectivity index (χ2v) is 5.33. The Morgan fingerprint density at radius 1 is 1.35 bits per heavy atom. The van der Waals surface area contributed by atoms with E-state index in [0.717, 1.165) is 0 Å². The molecule has 0 unspecified atom stereocenters. The van der Waals surface area contributed by atoms with Crippen molar-refractivity contribution in [1.29, 1.82) is 5.26 Å². The van der Waals surface area contributed by atoms with Crippen LogP contribution in [-0.4, -0.2) is 49.5 Å². The maximum atomic E-state index is 11.3. The van der Waals surface area contributed by atoms with Crippen LogP contribution in [0.3, 0.4) is 0 Å². The minimum absolute atomic E-state index is 0.0902. The number of carbonyl (C=O) groups excluding carboxylic acids is 1. The van der Waals surface area contributed by atoms with Gasteiger partial charge in [-0.05, 0) is 26.0 Å². The predicted octanol–water partition coefficient (Wildman–Crippen LogP) is 0.595. The molecule has 0 fully saturated rings. The maximum Gasteiger partial charge on any atom is 0.315 e. The van der Waals surface area contributed by atoms with E-state index in [9.17, 15) is 9.90 Å². The molecule has 1 atom stereocenters. The molecular weight excluding hydrogens is 296 g/mol. The number of ether oxygens (including phenoxy) is 1. The SMILES string of the molecule is CC(C)NC(=O)NCCNC[C@H](O)COc1ccccc1C#N. The summed E-state index contributed by atoms with van der Waals surface area (Å²) in [6.45, 7) is 5.20. The van der Waals surface area contributed by atoms with Gasteiger partial charge in [-0.1, -0.05) is 12.1 Å². The average molecular weight is 320 g/mol. The second-order valence-electron chi connectivity index (χ2n) is 5.33. The lowest BCUT2D eigenvalue weighted by Gasteiger charge is -2.14. The first kappa shape index (κ1) is 18.7. The summed E-state index contributed by atoms with van der Waals surface area (Å²) in [6, 6.07) is 8.80. The third kappa shape index (κ3) is 8.04. The molecule has 1 aromatic rings. The molecule has 0 aliphatic carbocycles. The summed E-state index contributed by atoms with van der Waals surface area (Å²) in [5, 5.41) is 27.2. The van der Waals surface area contributed by atoms with Gasteiger partial charge in [-0.3, -0.25) is 0 Å².